The van der Waals surface area contributed by atoms with E-state index in [-0.39, 0.29) is 28.8 Å². The summed E-state index contributed by atoms with van der Waals surface area (Å²) in [6.45, 7) is 7.56. The monoisotopic (exact) mass is 370 g/mol. The fourth-order valence-electron chi connectivity index (χ4n) is 3.83. The molecule has 1 aliphatic carbocycles. The molecule has 0 aromatic carbocycles. The van der Waals surface area contributed by atoms with Crippen molar-refractivity contribution in [3.63, 3.8) is 0 Å². The number of aliphatic carboxylic acids is 2. The summed E-state index contributed by atoms with van der Waals surface area (Å²) in [5, 5.41) is 28.4. The van der Waals surface area contributed by atoms with Crippen LogP contribution in [0, 0.1) is 22.7 Å². The molecular formula is C21H38O5. The van der Waals surface area contributed by atoms with Gasteiger partial charge in [-0.05, 0) is 49.4 Å². The van der Waals surface area contributed by atoms with Crippen LogP contribution in [0.25, 0.3) is 0 Å². The van der Waals surface area contributed by atoms with E-state index in [9.17, 15) is 19.8 Å². The topological polar surface area (TPSA) is 94.8 Å². The third kappa shape index (κ3) is 6.90. The minimum atomic E-state index is -0.749. The van der Waals surface area contributed by atoms with Crippen molar-refractivity contribution in [2.75, 3.05) is 0 Å². The molecule has 0 heterocycles. The number of unbranched alkanes of at least 4 members (excludes halogenated alkanes) is 2. The molecule has 0 amide bonds. The summed E-state index contributed by atoms with van der Waals surface area (Å²) in [5.41, 5.74) is -0.209. The number of aliphatic hydroxyl groups excluding tert-OH is 1. The van der Waals surface area contributed by atoms with Crippen molar-refractivity contribution >= 4 is 11.9 Å². The van der Waals surface area contributed by atoms with Gasteiger partial charge in [0.05, 0.1) is 17.9 Å². The molecule has 152 valence electrons. The van der Waals surface area contributed by atoms with Crippen LogP contribution in [0.5, 0.6) is 0 Å². The van der Waals surface area contributed by atoms with Crippen molar-refractivity contribution in [3.8, 4) is 0 Å². The number of carbonyl (C=O) groups is 2. The van der Waals surface area contributed by atoms with Gasteiger partial charge in [-0.15, -0.1) is 0 Å². The molecule has 3 atom stereocenters. The van der Waals surface area contributed by atoms with Crippen molar-refractivity contribution in [1.82, 2.24) is 0 Å². The molecule has 5 nitrogen and oxygen atoms in total. The molecule has 26 heavy (non-hydrogen) atoms. The number of carboxylic acids is 2. The predicted molar refractivity (Wildman–Crippen MR) is 102 cm³/mol. The lowest BCUT2D eigenvalue weighted by atomic mass is 9.76. The number of hydrogen-bond acceptors (Lipinski definition) is 3. The smallest absolute Gasteiger partial charge is 0.306 e. The molecule has 0 radical (unpaired) electrons. The van der Waals surface area contributed by atoms with Crippen LogP contribution in [0.1, 0.15) is 91.9 Å². The number of hydrogen-bond donors (Lipinski definition) is 3. The first-order valence-electron chi connectivity index (χ1n) is 10.2. The molecule has 3 unspecified atom stereocenters. The molecule has 0 aromatic heterocycles. The molecule has 1 aliphatic rings. The molecule has 0 aliphatic heterocycles. The van der Waals surface area contributed by atoms with Gasteiger partial charge in [-0.3, -0.25) is 9.59 Å². The van der Waals surface area contributed by atoms with Crippen molar-refractivity contribution in [3.05, 3.63) is 0 Å². The Kier molecular flexibility index (Phi) is 8.58. The lowest BCUT2D eigenvalue weighted by Gasteiger charge is -2.29. The van der Waals surface area contributed by atoms with E-state index in [1.165, 1.54) is 0 Å². The Morgan fingerprint density at radius 3 is 1.96 bits per heavy atom. The molecule has 5 heteroatoms. The summed E-state index contributed by atoms with van der Waals surface area (Å²) in [4.78, 5) is 22.3. The highest BCUT2D eigenvalue weighted by Crippen LogP contribution is 2.55. The van der Waals surface area contributed by atoms with E-state index in [1.54, 1.807) is 6.92 Å². The molecule has 1 saturated carbocycles. The zero-order valence-electron chi connectivity index (χ0n) is 17.0. The SMILES string of the molecule is CC(C(=O)O)C(C)(C)CCCCC(O)CCCCC1(C(C)C(=O)O)CC1. The van der Waals surface area contributed by atoms with E-state index in [0.717, 1.165) is 64.2 Å². The Balaban J connectivity index is 2.13. The second-order valence-corrected chi connectivity index (χ2v) is 9.12. The van der Waals surface area contributed by atoms with Crippen molar-refractivity contribution in [2.24, 2.45) is 22.7 Å². The van der Waals surface area contributed by atoms with Crippen LogP contribution in [0.2, 0.25) is 0 Å². The summed E-state index contributed by atoms with van der Waals surface area (Å²) in [5.74, 6) is -2.07. The van der Waals surface area contributed by atoms with Crippen LogP contribution in [-0.4, -0.2) is 33.4 Å². The maximum atomic E-state index is 11.2. The first-order chi connectivity index (χ1) is 12.0. The zero-order chi connectivity index (χ0) is 20.0. The summed E-state index contributed by atoms with van der Waals surface area (Å²) in [7, 11) is 0. The normalized spacial score (nSPS) is 19.6. The van der Waals surface area contributed by atoms with Gasteiger partial charge in [0.25, 0.3) is 0 Å². The molecule has 3 N–H and O–H groups in total. The Labute approximate surface area is 158 Å². The first kappa shape index (κ1) is 22.9. The third-order valence-electron chi connectivity index (χ3n) is 6.79. The van der Waals surface area contributed by atoms with Crippen LogP contribution >= 0.6 is 0 Å². The highest BCUT2D eigenvalue weighted by Gasteiger charge is 2.49. The minimum absolute atomic E-state index is 0.0171. The minimum Gasteiger partial charge on any atom is -0.481 e. The van der Waals surface area contributed by atoms with E-state index < -0.39 is 11.9 Å². The van der Waals surface area contributed by atoms with Crippen LogP contribution in [0.15, 0.2) is 0 Å². The van der Waals surface area contributed by atoms with Gasteiger partial charge < -0.3 is 15.3 Å². The van der Waals surface area contributed by atoms with Crippen molar-refractivity contribution in [1.29, 1.82) is 0 Å². The van der Waals surface area contributed by atoms with Crippen LogP contribution in [0.4, 0.5) is 0 Å². The molecule has 0 aromatic rings. The quantitative estimate of drug-likeness (QED) is 0.385. The maximum absolute atomic E-state index is 11.2. The van der Waals surface area contributed by atoms with Gasteiger partial charge in [-0.25, -0.2) is 0 Å². The van der Waals surface area contributed by atoms with E-state index in [4.69, 9.17) is 5.11 Å². The number of rotatable bonds is 14. The standard InChI is InChI=1S/C21H38O5/c1-15(18(23)24)20(3,4)11-7-5-9-17(22)10-6-8-12-21(13-14-21)16(2)19(25)26/h15-17,22H,5-14H2,1-4H3,(H,23,24)(H,25,26). The van der Waals surface area contributed by atoms with E-state index >= 15 is 0 Å². The molecule has 1 fully saturated rings. The van der Waals surface area contributed by atoms with Crippen LogP contribution in [-0.2, 0) is 9.59 Å². The molecule has 0 spiro atoms. The van der Waals surface area contributed by atoms with Crippen molar-refractivity contribution in [2.45, 2.75) is 98.0 Å². The largest absolute Gasteiger partial charge is 0.481 e. The average Bonchev–Trinajstić information content (AvgIpc) is 3.35. The maximum Gasteiger partial charge on any atom is 0.306 e. The van der Waals surface area contributed by atoms with E-state index in [0.29, 0.717) is 0 Å². The predicted octanol–water partition coefficient (Wildman–Crippen LogP) is 4.72. The van der Waals surface area contributed by atoms with Gasteiger partial charge in [0.1, 0.15) is 0 Å². The molecule has 1 rings (SSSR count). The fraction of sp³-hybridized carbons (Fsp3) is 0.905. The lowest BCUT2D eigenvalue weighted by molar-refractivity contribution is -0.145. The van der Waals surface area contributed by atoms with Crippen molar-refractivity contribution < 1.29 is 24.9 Å². The summed E-state index contributed by atoms with van der Waals surface area (Å²) in [6, 6.07) is 0. The Bertz CT molecular complexity index is 437. The van der Waals surface area contributed by atoms with Gasteiger partial charge >= 0.3 is 11.9 Å². The van der Waals surface area contributed by atoms with Crippen LogP contribution < -0.4 is 0 Å². The van der Waals surface area contributed by atoms with Crippen LogP contribution in [0.3, 0.4) is 0 Å². The summed E-state index contributed by atoms with van der Waals surface area (Å²) < 4.78 is 0. The second kappa shape index (κ2) is 9.72. The van der Waals surface area contributed by atoms with Gasteiger partial charge in [-0.1, -0.05) is 53.4 Å². The molecule has 0 saturated heterocycles. The van der Waals surface area contributed by atoms with E-state index in [1.807, 2.05) is 20.8 Å². The Morgan fingerprint density at radius 2 is 1.50 bits per heavy atom. The van der Waals surface area contributed by atoms with E-state index in [2.05, 4.69) is 0 Å². The fourth-order valence-corrected chi connectivity index (χ4v) is 3.83. The summed E-state index contributed by atoms with van der Waals surface area (Å²) >= 11 is 0. The zero-order valence-corrected chi connectivity index (χ0v) is 17.0. The third-order valence-corrected chi connectivity index (χ3v) is 6.79. The Morgan fingerprint density at radius 1 is 0.962 bits per heavy atom. The lowest BCUT2D eigenvalue weighted by Crippen LogP contribution is -2.28. The van der Waals surface area contributed by atoms with Gasteiger partial charge in [0.2, 0.25) is 0 Å². The highest BCUT2D eigenvalue weighted by molar-refractivity contribution is 5.71. The number of aliphatic hydroxyl groups is 1. The van der Waals surface area contributed by atoms with Gasteiger partial charge in [0.15, 0.2) is 0 Å². The Hall–Kier alpha value is -1.10. The highest BCUT2D eigenvalue weighted by atomic mass is 16.4. The average molecular weight is 371 g/mol. The van der Waals surface area contributed by atoms with Gasteiger partial charge in [-0.2, -0.15) is 0 Å². The summed E-state index contributed by atoms with van der Waals surface area (Å²) in [6.07, 6.45) is 8.84. The first-order valence-corrected chi connectivity index (χ1v) is 10.2. The van der Waals surface area contributed by atoms with Gasteiger partial charge in [0, 0.05) is 0 Å². The number of carboxylic acid groups (broad SMARTS) is 2. The molecular weight excluding hydrogens is 332 g/mol. The second-order valence-electron chi connectivity index (χ2n) is 9.12. The molecule has 0 bridgehead atoms.